The van der Waals surface area contributed by atoms with E-state index in [9.17, 15) is 22.4 Å². The zero-order chi connectivity index (χ0) is 27.6. The van der Waals surface area contributed by atoms with Crippen LogP contribution in [0.4, 0.5) is 23.4 Å². The Bertz CT molecular complexity index is 1650. The molecule has 5 aromatic rings. The molecule has 0 atom stereocenters. The Balaban J connectivity index is 1.44. The van der Waals surface area contributed by atoms with E-state index in [2.05, 4.69) is 10.3 Å². The van der Waals surface area contributed by atoms with Crippen molar-refractivity contribution in [3.05, 3.63) is 114 Å². The fourth-order valence-corrected chi connectivity index (χ4v) is 4.08. The first kappa shape index (κ1) is 25.7. The molecule has 39 heavy (non-hydrogen) atoms. The van der Waals surface area contributed by atoms with Crippen molar-refractivity contribution in [3.8, 4) is 22.3 Å². The Kier molecular flexibility index (Phi) is 6.89. The molecule has 0 saturated heterocycles. The van der Waals surface area contributed by atoms with E-state index < -0.39 is 17.6 Å². The zero-order valence-corrected chi connectivity index (χ0v) is 20.3. The van der Waals surface area contributed by atoms with Gasteiger partial charge in [-0.1, -0.05) is 24.3 Å². The number of hydrogen-bond donors (Lipinski definition) is 2. The molecule has 0 aliphatic carbocycles. The SMILES string of the molecule is Nc1ccc(C=CC(=O)NCc2cc3cc(-c4ccc(C(F)(F)F)cc4)cc(-c4ccc(F)cc4)c3o2)cn1. The fraction of sp³-hybridized carbons (Fsp3) is 0.0667. The van der Waals surface area contributed by atoms with Crippen LogP contribution in [0.15, 0.2) is 95.6 Å². The minimum Gasteiger partial charge on any atom is -0.459 e. The largest absolute Gasteiger partial charge is 0.459 e. The monoisotopic (exact) mass is 531 g/mol. The molecule has 3 N–H and O–H groups in total. The number of carbonyl (C=O) groups excluding carboxylic acids is 1. The lowest BCUT2D eigenvalue weighted by Crippen LogP contribution is -2.19. The summed E-state index contributed by atoms with van der Waals surface area (Å²) in [5.41, 5.74) is 8.57. The average molecular weight is 532 g/mol. The summed E-state index contributed by atoms with van der Waals surface area (Å²) in [5, 5.41) is 3.43. The summed E-state index contributed by atoms with van der Waals surface area (Å²) >= 11 is 0. The Morgan fingerprint density at radius 2 is 1.64 bits per heavy atom. The summed E-state index contributed by atoms with van der Waals surface area (Å²) in [7, 11) is 0. The Labute approximate surface area is 220 Å². The average Bonchev–Trinajstić information content (AvgIpc) is 3.34. The molecule has 3 aromatic carbocycles. The maximum Gasteiger partial charge on any atom is 0.416 e. The van der Waals surface area contributed by atoms with E-state index in [1.165, 1.54) is 30.3 Å². The van der Waals surface area contributed by atoms with Crippen molar-refractivity contribution in [2.45, 2.75) is 12.7 Å². The van der Waals surface area contributed by atoms with Gasteiger partial charge in [-0.05, 0) is 82.9 Å². The van der Waals surface area contributed by atoms with E-state index in [-0.39, 0.29) is 12.5 Å². The van der Waals surface area contributed by atoms with E-state index in [0.29, 0.717) is 50.4 Å². The van der Waals surface area contributed by atoms with E-state index in [1.807, 2.05) is 0 Å². The highest BCUT2D eigenvalue weighted by Crippen LogP contribution is 2.37. The van der Waals surface area contributed by atoms with Gasteiger partial charge in [0.2, 0.25) is 5.91 Å². The van der Waals surface area contributed by atoms with Gasteiger partial charge in [0, 0.05) is 23.2 Å². The number of nitrogens with two attached hydrogens (primary N) is 1. The number of aromatic nitrogens is 1. The van der Waals surface area contributed by atoms with Gasteiger partial charge in [-0.3, -0.25) is 4.79 Å². The molecule has 0 aliphatic rings. The van der Waals surface area contributed by atoms with Gasteiger partial charge < -0.3 is 15.5 Å². The molecular formula is C30H21F4N3O2. The van der Waals surface area contributed by atoms with Crippen LogP contribution in [0.2, 0.25) is 0 Å². The molecule has 0 aliphatic heterocycles. The second-order valence-electron chi connectivity index (χ2n) is 8.80. The van der Waals surface area contributed by atoms with Crippen LogP contribution in [-0.4, -0.2) is 10.9 Å². The van der Waals surface area contributed by atoms with Crippen molar-refractivity contribution >= 4 is 28.8 Å². The molecule has 0 bridgehead atoms. The van der Waals surface area contributed by atoms with Gasteiger partial charge in [-0.2, -0.15) is 13.2 Å². The molecule has 0 unspecified atom stereocenters. The summed E-state index contributed by atoms with van der Waals surface area (Å²) in [6.07, 6.45) is 0.0717. The van der Waals surface area contributed by atoms with Crippen LogP contribution >= 0.6 is 0 Å². The Hall–Kier alpha value is -4.92. The first-order valence-electron chi connectivity index (χ1n) is 11.8. The Morgan fingerprint density at radius 1 is 0.923 bits per heavy atom. The maximum atomic E-state index is 13.6. The molecule has 5 nitrogen and oxygen atoms in total. The van der Waals surface area contributed by atoms with Gasteiger partial charge in [0.05, 0.1) is 12.1 Å². The van der Waals surface area contributed by atoms with Crippen LogP contribution < -0.4 is 11.1 Å². The third-order valence-corrected chi connectivity index (χ3v) is 6.04. The molecule has 2 aromatic heterocycles. The van der Waals surface area contributed by atoms with Gasteiger partial charge in [0.25, 0.3) is 0 Å². The van der Waals surface area contributed by atoms with Crippen molar-refractivity contribution in [3.63, 3.8) is 0 Å². The van der Waals surface area contributed by atoms with Crippen LogP contribution in [0.1, 0.15) is 16.9 Å². The van der Waals surface area contributed by atoms with Crippen LogP contribution in [0, 0.1) is 5.82 Å². The lowest BCUT2D eigenvalue weighted by molar-refractivity contribution is -0.137. The summed E-state index contributed by atoms with van der Waals surface area (Å²) in [6, 6.07) is 19.4. The van der Waals surface area contributed by atoms with Crippen molar-refractivity contribution in [1.29, 1.82) is 0 Å². The highest BCUT2D eigenvalue weighted by atomic mass is 19.4. The van der Waals surface area contributed by atoms with Crippen molar-refractivity contribution < 1.29 is 26.8 Å². The van der Waals surface area contributed by atoms with Gasteiger partial charge in [-0.25, -0.2) is 9.37 Å². The summed E-state index contributed by atoms with van der Waals surface area (Å²) < 4.78 is 58.8. The van der Waals surface area contributed by atoms with Crippen LogP contribution in [0.3, 0.4) is 0 Å². The predicted molar refractivity (Wildman–Crippen MR) is 142 cm³/mol. The molecule has 0 spiro atoms. The molecule has 0 radical (unpaired) electrons. The lowest BCUT2D eigenvalue weighted by atomic mass is 9.96. The first-order valence-corrected chi connectivity index (χ1v) is 11.8. The highest BCUT2D eigenvalue weighted by molar-refractivity contribution is 5.97. The van der Waals surface area contributed by atoms with Crippen LogP contribution in [-0.2, 0) is 17.5 Å². The van der Waals surface area contributed by atoms with E-state index in [1.54, 1.807) is 54.7 Å². The second kappa shape index (κ2) is 10.4. The molecular weight excluding hydrogens is 510 g/mol. The fourth-order valence-electron chi connectivity index (χ4n) is 4.08. The lowest BCUT2D eigenvalue weighted by Gasteiger charge is -2.10. The van der Waals surface area contributed by atoms with Gasteiger partial charge in [0.15, 0.2) is 0 Å². The number of alkyl halides is 3. The Morgan fingerprint density at radius 3 is 2.31 bits per heavy atom. The topological polar surface area (TPSA) is 81.2 Å². The highest BCUT2D eigenvalue weighted by Gasteiger charge is 2.30. The molecule has 1 amide bonds. The molecule has 9 heteroatoms. The normalized spacial score (nSPS) is 11.8. The number of anilines is 1. The second-order valence-corrected chi connectivity index (χ2v) is 8.80. The molecule has 196 valence electrons. The van der Waals surface area contributed by atoms with E-state index in [0.717, 1.165) is 12.1 Å². The summed E-state index contributed by atoms with van der Waals surface area (Å²) in [4.78, 5) is 16.3. The van der Waals surface area contributed by atoms with E-state index in [4.69, 9.17) is 10.2 Å². The standard InChI is InChI=1S/C30H21F4N3O2/c31-24-9-5-20(6-10-24)26-15-21(19-3-7-23(8-4-19)30(32,33)34)13-22-14-25(39-29(22)26)17-37-28(38)12-2-18-1-11-27(35)36-16-18/h1-16H,17H2,(H2,35,36)(H,37,38). The van der Waals surface area contributed by atoms with Gasteiger partial charge >= 0.3 is 6.18 Å². The number of halogens is 4. The number of fused-ring (bicyclic) bond motifs is 1. The first-order chi connectivity index (χ1) is 18.7. The molecule has 0 saturated carbocycles. The smallest absolute Gasteiger partial charge is 0.416 e. The number of amides is 1. The predicted octanol–water partition coefficient (Wildman–Crippen LogP) is 7.23. The number of rotatable bonds is 6. The number of hydrogen-bond acceptors (Lipinski definition) is 4. The van der Waals surface area contributed by atoms with Crippen molar-refractivity contribution in [2.24, 2.45) is 0 Å². The number of nitrogens with one attached hydrogen (secondary N) is 1. The third kappa shape index (κ3) is 5.98. The summed E-state index contributed by atoms with van der Waals surface area (Å²) in [6.45, 7) is 0.0936. The number of nitrogen functional groups attached to an aromatic ring is 1. The molecule has 2 heterocycles. The van der Waals surface area contributed by atoms with E-state index >= 15 is 0 Å². The minimum absolute atomic E-state index is 0.0936. The number of furan rings is 1. The van der Waals surface area contributed by atoms with Crippen molar-refractivity contribution in [1.82, 2.24) is 10.3 Å². The zero-order valence-electron chi connectivity index (χ0n) is 20.3. The quantitative estimate of drug-likeness (QED) is 0.179. The number of nitrogens with zero attached hydrogens (tertiary/aromatic N) is 1. The summed E-state index contributed by atoms with van der Waals surface area (Å²) in [5.74, 6) is 0.0906. The maximum absolute atomic E-state index is 13.6. The number of carbonyl (C=O) groups is 1. The van der Waals surface area contributed by atoms with Crippen molar-refractivity contribution in [2.75, 3.05) is 5.73 Å². The minimum atomic E-state index is -4.44. The third-order valence-electron chi connectivity index (χ3n) is 6.04. The number of benzene rings is 3. The van der Waals surface area contributed by atoms with Gasteiger partial charge in [-0.15, -0.1) is 0 Å². The molecule has 0 fully saturated rings. The molecule has 5 rings (SSSR count). The van der Waals surface area contributed by atoms with Crippen LogP contribution in [0.25, 0.3) is 39.3 Å². The number of pyridine rings is 1. The van der Waals surface area contributed by atoms with Crippen LogP contribution in [0.5, 0.6) is 0 Å². The van der Waals surface area contributed by atoms with Gasteiger partial charge in [0.1, 0.15) is 23.0 Å².